The van der Waals surface area contributed by atoms with Crippen molar-refractivity contribution in [2.24, 2.45) is 5.92 Å². The fourth-order valence-corrected chi connectivity index (χ4v) is 5.34. The molecule has 2 aliphatic rings. The number of nitrogens with zero attached hydrogens (tertiary/aromatic N) is 3. The first-order chi connectivity index (χ1) is 12.5. The summed E-state index contributed by atoms with van der Waals surface area (Å²) in [6.07, 6.45) is 2.07. The third-order valence-corrected chi connectivity index (χ3v) is 7.10. The van der Waals surface area contributed by atoms with Crippen LogP contribution in [0.5, 0.6) is 0 Å². The molecule has 7 heteroatoms. The van der Waals surface area contributed by atoms with Gasteiger partial charge in [0, 0.05) is 51.9 Å². The first-order valence-electron chi connectivity index (χ1n) is 9.68. The molecule has 0 bridgehead atoms. The Labute approximate surface area is 158 Å². The average Bonchev–Trinajstić information content (AvgIpc) is 2.63. The van der Waals surface area contributed by atoms with Gasteiger partial charge in [0.15, 0.2) is 0 Å². The second-order valence-corrected chi connectivity index (χ2v) is 9.48. The number of hydrogen-bond acceptors (Lipinski definition) is 4. The van der Waals surface area contributed by atoms with Crippen molar-refractivity contribution < 1.29 is 8.42 Å². The zero-order valence-electron chi connectivity index (χ0n) is 16.0. The Kier molecular flexibility index (Phi) is 6.69. The molecule has 1 N–H and O–H groups in total. The van der Waals surface area contributed by atoms with Crippen LogP contribution < -0.4 is 4.72 Å². The van der Waals surface area contributed by atoms with Crippen LogP contribution in [0.1, 0.15) is 31.4 Å². The minimum Gasteiger partial charge on any atom is -0.303 e. The highest BCUT2D eigenvalue weighted by atomic mass is 32.2. The minimum atomic E-state index is -3.36. The van der Waals surface area contributed by atoms with Crippen molar-refractivity contribution in [3.63, 3.8) is 0 Å². The van der Waals surface area contributed by atoms with Gasteiger partial charge in [0.1, 0.15) is 0 Å². The molecule has 2 saturated heterocycles. The molecule has 6 nitrogen and oxygen atoms in total. The zero-order valence-corrected chi connectivity index (χ0v) is 16.8. The number of hydrogen-bond donors (Lipinski definition) is 1. The van der Waals surface area contributed by atoms with Crippen molar-refractivity contribution in [1.29, 1.82) is 0 Å². The molecule has 1 aromatic rings. The molecular formula is C19H32N4O2S. The Bertz CT molecular complexity index is 667. The summed E-state index contributed by atoms with van der Waals surface area (Å²) >= 11 is 0. The zero-order chi connectivity index (χ0) is 18.6. The topological polar surface area (TPSA) is 55.9 Å². The molecular weight excluding hydrogens is 348 g/mol. The summed E-state index contributed by atoms with van der Waals surface area (Å²) in [6.45, 7) is 7.53. The van der Waals surface area contributed by atoms with Crippen molar-refractivity contribution in [3.8, 4) is 0 Å². The van der Waals surface area contributed by atoms with E-state index < -0.39 is 10.2 Å². The lowest BCUT2D eigenvalue weighted by Crippen LogP contribution is -2.50. The molecule has 0 aliphatic carbocycles. The minimum absolute atomic E-state index is 0.314. The normalized spacial score (nSPS) is 26.8. The van der Waals surface area contributed by atoms with E-state index in [4.69, 9.17) is 0 Å². The second kappa shape index (κ2) is 8.80. The van der Waals surface area contributed by atoms with Crippen molar-refractivity contribution in [1.82, 2.24) is 18.8 Å². The van der Waals surface area contributed by atoms with E-state index in [1.807, 2.05) is 6.07 Å². The van der Waals surface area contributed by atoms with Gasteiger partial charge in [-0.2, -0.15) is 12.7 Å². The van der Waals surface area contributed by atoms with Crippen LogP contribution in [0.2, 0.25) is 0 Å². The third kappa shape index (κ3) is 5.04. The fourth-order valence-electron chi connectivity index (χ4n) is 3.99. The summed E-state index contributed by atoms with van der Waals surface area (Å²) < 4.78 is 29.6. The van der Waals surface area contributed by atoms with Gasteiger partial charge in [-0.15, -0.1) is 0 Å². The third-order valence-electron chi connectivity index (χ3n) is 5.52. The first-order valence-corrected chi connectivity index (χ1v) is 11.1. The molecule has 2 aliphatic heterocycles. The predicted octanol–water partition coefficient (Wildman–Crippen LogP) is 1.54. The molecule has 1 aromatic carbocycles. The molecule has 0 amide bonds. The Balaban J connectivity index is 1.57. The van der Waals surface area contributed by atoms with Gasteiger partial charge in [-0.05, 0) is 31.4 Å². The maximum Gasteiger partial charge on any atom is 0.279 e. The second-order valence-electron chi connectivity index (χ2n) is 7.73. The summed E-state index contributed by atoms with van der Waals surface area (Å²) in [5.41, 5.74) is 1.30. The van der Waals surface area contributed by atoms with E-state index in [1.54, 1.807) is 4.31 Å². The molecule has 0 radical (unpaired) electrons. The number of benzene rings is 1. The largest absolute Gasteiger partial charge is 0.303 e. The van der Waals surface area contributed by atoms with Gasteiger partial charge in [0.25, 0.3) is 10.2 Å². The van der Waals surface area contributed by atoms with Crippen molar-refractivity contribution in [3.05, 3.63) is 35.9 Å². The smallest absolute Gasteiger partial charge is 0.279 e. The Morgan fingerprint density at radius 1 is 1.12 bits per heavy atom. The lowest BCUT2D eigenvalue weighted by Gasteiger charge is -2.40. The van der Waals surface area contributed by atoms with Gasteiger partial charge in [-0.25, -0.2) is 4.72 Å². The van der Waals surface area contributed by atoms with Gasteiger partial charge in [0.2, 0.25) is 0 Å². The molecule has 0 aromatic heterocycles. The summed E-state index contributed by atoms with van der Waals surface area (Å²) in [4.78, 5) is 4.74. The number of nitrogens with one attached hydrogen (secondary N) is 1. The fraction of sp³-hybridized carbons (Fsp3) is 0.684. The molecule has 0 spiro atoms. The summed E-state index contributed by atoms with van der Waals surface area (Å²) in [7, 11) is -1.22. The summed E-state index contributed by atoms with van der Waals surface area (Å²) in [6, 6.07) is 10.8. The van der Waals surface area contributed by atoms with Crippen molar-refractivity contribution in [2.75, 3.05) is 52.9 Å². The van der Waals surface area contributed by atoms with Gasteiger partial charge < -0.3 is 4.90 Å². The van der Waals surface area contributed by atoms with Crippen LogP contribution in [0, 0.1) is 5.92 Å². The van der Waals surface area contributed by atoms with Gasteiger partial charge in [0.05, 0.1) is 0 Å². The Morgan fingerprint density at radius 3 is 2.62 bits per heavy atom. The standard InChI is InChI=1S/C19H32N4O2S/c1-17-7-6-11-23(15-17)26(24,25)20-10-12-22-14-13-21(2)16-19(22)18-8-4-3-5-9-18/h3-5,8-9,17,19-20H,6-7,10-16H2,1-2H3/t17-,19+/m0/s1. The lowest BCUT2D eigenvalue weighted by atomic mass is 10.0. The Hall–Kier alpha value is -0.990. The summed E-state index contributed by atoms with van der Waals surface area (Å²) in [5, 5.41) is 0. The van der Waals surface area contributed by atoms with Crippen LogP contribution in [-0.4, -0.2) is 75.4 Å². The monoisotopic (exact) mass is 380 g/mol. The van der Waals surface area contributed by atoms with Crippen LogP contribution >= 0.6 is 0 Å². The molecule has 2 heterocycles. The first kappa shape index (κ1) is 19.8. The van der Waals surface area contributed by atoms with E-state index in [2.05, 4.69) is 52.8 Å². The maximum absolute atomic E-state index is 12.6. The van der Waals surface area contributed by atoms with Gasteiger partial charge in [-0.3, -0.25) is 4.90 Å². The molecule has 0 saturated carbocycles. The van der Waals surface area contributed by atoms with Crippen LogP contribution in [-0.2, 0) is 10.2 Å². The maximum atomic E-state index is 12.6. The number of piperazine rings is 1. The lowest BCUT2D eigenvalue weighted by molar-refractivity contribution is 0.0918. The van der Waals surface area contributed by atoms with E-state index >= 15 is 0 Å². The van der Waals surface area contributed by atoms with Crippen LogP contribution in [0.15, 0.2) is 30.3 Å². The quantitative estimate of drug-likeness (QED) is 0.813. The van der Waals surface area contributed by atoms with Crippen LogP contribution in [0.3, 0.4) is 0 Å². The highest BCUT2D eigenvalue weighted by molar-refractivity contribution is 7.87. The van der Waals surface area contributed by atoms with E-state index in [1.165, 1.54) is 5.56 Å². The van der Waals surface area contributed by atoms with E-state index in [0.717, 1.165) is 39.0 Å². The molecule has 0 unspecified atom stereocenters. The average molecular weight is 381 g/mol. The van der Waals surface area contributed by atoms with E-state index in [9.17, 15) is 8.42 Å². The highest BCUT2D eigenvalue weighted by Crippen LogP contribution is 2.24. The Morgan fingerprint density at radius 2 is 1.88 bits per heavy atom. The molecule has 3 rings (SSSR count). The van der Waals surface area contributed by atoms with Crippen molar-refractivity contribution in [2.45, 2.75) is 25.8 Å². The SMILES string of the molecule is C[C@H]1CCCN(S(=O)(=O)NCCN2CCN(C)C[C@@H]2c2ccccc2)C1. The highest BCUT2D eigenvalue weighted by Gasteiger charge is 2.29. The summed E-state index contributed by atoms with van der Waals surface area (Å²) in [5.74, 6) is 0.445. The van der Waals surface area contributed by atoms with Crippen LogP contribution in [0.4, 0.5) is 0 Å². The number of likely N-dealkylation sites (N-methyl/N-ethyl adjacent to an activating group) is 1. The number of piperidine rings is 1. The van der Waals surface area contributed by atoms with Crippen LogP contribution in [0.25, 0.3) is 0 Å². The van der Waals surface area contributed by atoms with Gasteiger partial charge >= 0.3 is 0 Å². The molecule has 2 atom stereocenters. The molecule has 26 heavy (non-hydrogen) atoms. The van der Waals surface area contributed by atoms with E-state index in [0.29, 0.717) is 31.6 Å². The molecule has 2 fully saturated rings. The van der Waals surface area contributed by atoms with E-state index in [-0.39, 0.29) is 0 Å². The van der Waals surface area contributed by atoms with Gasteiger partial charge in [-0.1, -0.05) is 37.3 Å². The predicted molar refractivity (Wildman–Crippen MR) is 105 cm³/mol. The molecule has 146 valence electrons. The number of rotatable bonds is 6. The van der Waals surface area contributed by atoms with Crippen molar-refractivity contribution >= 4 is 10.2 Å².